The molecule has 0 saturated carbocycles. The Hall–Kier alpha value is -2.94. The molecule has 0 radical (unpaired) electrons. The van der Waals surface area contributed by atoms with Crippen LogP contribution in [0.5, 0.6) is 5.75 Å². The van der Waals surface area contributed by atoms with Crippen LogP contribution in [0.4, 0.5) is 19.0 Å². The molecular weight excluding hydrogens is 377 g/mol. The highest BCUT2D eigenvalue weighted by atomic mass is 32.1. The first-order valence-electron chi connectivity index (χ1n) is 7.85. The van der Waals surface area contributed by atoms with Gasteiger partial charge in [-0.05, 0) is 50.2 Å². The summed E-state index contributed by atoms with van der Waals surface area (Å²) in [6, 6.07) is 8.89. The van der Waals surface area contributed by atoms with Crippen LogP contribution in [0.15, 0.2) is 47.7 Å². The first kappa shape index (κ1) is 18.8. The number of thiazole rings is 1. The van der Waals surface area contributed by atoms with Gasteiger partial charge in [0, 0.05) is 11.8 Å². The zero-order valence-corrected chi connectivity index (χ0v) is 15.2. The minimum absolute atomic E-state index is 0.179. The third-order valence-corrected chi connectivity index (χ3v) is 4.98. The van der Waals surface area contributed by atoms with Crippen molar-refractivity contribution in [1.29, 1.82) is 0 Å². The summed E-state index contributed by atoms with van der Waals surface area (Å²) in [7, 11) is 0. The average molecular weight is 392 g/mol. The molecule has 5 nitrogen and oxygen atoms in total. The molecule has 2 aromatic heterocycles. The summed E-state index contributed by atoms with van der Waals surface area (Å²) in [5.74, 6) is 0.390. The Labute approximate surface area is 157 Å². The van der Waals surface area contributed by atoms with Gasteiger partial charge in [-0.2, -0.15) is 18.3 Å². The molecule has 3 rings (SSSR count). The first-order valence-corrected chi connectivity index (χ1v) is 8.66. The quantitative estimate of drug-likeness (QED) is 0.480. The number of pyridine rings is 1. The fraction of sp³-hybridized carbons (Fsp3) is 0.167. The molecule has 9 heteroatoms. The molecule has 0 aliphatic carbocycles. The van der Waals surface area contributed by atoms with Gasteiger partial charge in [0.1, 0.15) is 16.6 Å². The summed E-state index contributed by atoms with van der Waals surface area (Å²) < 4.78 is 37.7. The third-order valence-electron chi connectivity index (χ3n) is 3.67. The molecule has 140 valence electrons. The molecule has 3 aromatic rings. The van der Waals surface area contributed by atoms with Gasteiger partial charge in [0.15, 0.2) is 0 Å². The number of aryl methyl sites for hydroxylation is 1. The SMILES string of the molecule is C/C(=N\Nc1ccc(C(F)(F)F)cn1)c1sc(-c2ccc(O)cc2)nc1C. The van der Waals surface area contributed by atoms with Crippen LogP contribution < -0.4 is 5.43 Å². The van der Waals surface area contributed by atoms with Crippen molar-refractivity contribution in [1.82, 2.24) is 9.97 Å². The number of hydrogen-bond acceptors (Lipinski definition) is 6. The molecule has 0 atom stereocenters. The number of aromatic nitrogens is 2. The van der Waals surface area contributed by atoms with Gasteiger partial charge in [0.25, 0.3) is 0 Å². The lowest BCUT2D eigenvalue weighted by molar-refractivity contribution is -0.137. The fourth-order valence-corrected chi connectivity index (χ4v) is 3.30. The molecule has 2 heterocycles. The zero-order chi connectivity index (χ0) is 19.6. The molecule has 0 aliphatic heterocycles. The predicted molar refractivity (Wildman–Crippen MR) is 99.0 cm³/mol. The maximum absolute atomic E-state index is 12.6. The van der Waals surface area contributed by atoms with Gasteiger partial charge in [-0.15, -0.1) is 11.3 Å². The molecule has 2 N–H and O–H groups in total. The lowest BCUT2D eigenvalue weighted by atomic mass is 10.2. The standard InChI is InChI=1S/C18H15F3N4OS/c1-10-16(27-17(23-10)12-3-6-14(26)7-4-12)11(2)24-25-15-8-5-13(9-22-15)18(19,20)21/h3-9,26H,1-2H3,(H,22,25)/b24-11+. The van der Waals surface area contributed by atoms with Crippen molar-refractivity contribution in [3.8, 4) is 16.3 Å². The maximum atomic E-state index is 12.6. The minimum Gasteiger partial charge on any atom is -0.508 e. The van der Waals surface area contributed by atoms with E-state index in [1.54, 1.807) is 31.2 Å². The van der Waals surface area contributed by atoms with E-state index >= 15 is 0 Å². The van der Waals surface area contributed by atoms with Crippen LogP contribution >= 0.6 is 11.3 Å². The molecule has 0 unspecified atom stereocenters. The van der Waals surface area contributed by atoms with Crippen molar-refractivity contribution < 1.29 is 18.3 Å². The highest BCUT2D eigenvalue weighted by Crippen LogP contribution is 2.30. The van der Waals surface area contributed by atoms with E-state index < -0.39 is 11.7 Å². The zero-order valence-electron chi connectivity index (χ0n) is 14.4. The fourth-order valence-electron chi connectivity index (χ4n) is 2.28. The summed E-state index contributed by atoms with van der Waals surface area (Å²) in [4.78, 5) is 9.08. The Kier molecular flexibility index (Phi) is 5.13. The van der Waals surface area contributed by atoms with Crippen molar-refractivity contribution >= 4 is 22.9 Å². The molecule has 0 amide bonds. The van der Waals surface area contributed by atoms with Crippen LogP contribution in [-0.4, -0.2) is 20.8 Å². The summed E-state index contributed by atoms with van der Waals surface area (Å²) >= 11 is 1.43. The van der Waals surface area contributed by atoms with Crippen molar-refractivity contribution in [3.63, 3.8) is 0 Å². The number of alkyl halides is 3. The van der Waals surface area contributed by atoms with E-state index in [1.807, 2.05) is 6.92 Å². The Morgan fingerprint density at radius 1 is 1.15 bits per heavy atom. The molecular formula is C18H15F3N4OS. The molecule has 0 aliphatic rings. The van der Waals surface area contributed by atoms with Gasteiger partial charge in [0.05, 0.1) is 21.8 Å². The van der Waals surface area contributed by atoms with Crippen molar-refractivity contribution in [2.24, 2.45) is 5.10 Å². The second-order valence-corrected chi connectivity index (χ2v) is 6.72. The van der Waals surface area contributed by atoms with Crippen molar-refractivity contribution in [3.05, 3.63) is 58.7 Å². The number of anilines is 1. The normalized spacial score (nSPS) is 12.3. The number of phenolic OH excluding ortho intramolecular Hbond substituents is 1. The molecule has 0 bridgehead atoms. The smallest absolute Gasteiger partial charge is 0.417 e. The summed E-state index contributed by atoms with van der Waals surface area (Å²) in [5.41, 5.74) is 4.14. The van der Waals surface area contributed by atoms with E-state index in [9.17, 15) is 18.3 Å². The number of benzene rings is 1. The number of rotatable bonds is 4. The van der Waals surface area contributed by atoms with Gasteiger partial charge in [-0.1, -0.05) is 0 Å². The number of phenols is 1. The van der Waals surface area contributed by atoms with Crippen LogP contribution in [0.25, 0.3) is 10.6 Å². The van der Waals surface area contributed by atoms with Crippen LogP contribution in [-0.2, 0) is 6.18 Å². The van der Waals surface area contributed by atoms with Gasteiger partial charge in [-0.3, -0.25) is 5.43 Å². The van der Waals surface area contributed by atoms with E-state index in [2.05, 4.69) is 20.5 Å². The number of hydrogen-bond donors (Lipinski definition) is 2. The number of hydrazone groups is 1. The van der Waals surface area contributed by atoms with Gasteiger partial charge in [0.2, 0.25) is 0 Å². The molecule has 0 fully saturated rings. The summed E-state index contributed by atoms with van der Waals surface area (Å²) in [6.07, 6.45) is -3.66. The molecule has 27 heavy (non-hydrogen) atoms. The highest BCUT2D eigenvalue weighted by Gasteiger charge is 2.30. The van der Waals surface area contributed by atoms with Gasteiger partial charge in [-0.25, -0.2) is 9.97 Å². The lowest BCUT2D eigenvalue weighted by Gasteiger charge is -2.06. The van der Waals surface area contributed by atoms with E-state index in [0.29, 0.717) is 5.71 Å². The molecule has 1 aromatic carbocycles. The summed E-state index contributed by atoms with van der Waals surface area (Å²) in [6.45, 7) is 3.63. The Morgan fingerprint density at radius 3 is 2.44 bits per heavy atom. The Bertz CT molecular complexity index is 964. The second kappa shape index (κ2) is 7.36. The number of nitrogens with one attached hydrogen (secondary N) is 1. The van der Waals surface area contributed by atoms with Crippen molar-refractivity contribution in [2.45, 2.75) is 20.0 Å². The average Bonchev–Trinajstić information content (AvgIpc) is 3.02. The lowest BCUT2D eigenvalue weighted by Crippen LogP contribution is -2.06. The third kappa shape index (κ3) is 4.43. The van der Waals surface area contributed by atoms with E-state index in [1.165, 1.54) is 17.4 Å². The monoisotopic (exact) mass is 392 g/mol. The van der Waals surface area contributed by atoms with Crippen LogP contribution in [0.2, 0.25) is 0 Å². The largest absolute Gasteiger partial charge is 0.508 e. The number of halogens is 3. The minimum atomic E-state index is -4.42. The van der Waals surface area contributed by atoms with Crippen LogP contribution in [0.3, 0.4) is 0 Å². The topological polar surface area (TPSA) is 70.4 Å². The van der Waals surface area contributed by atoms with Gasteiger partial charge >= 0.3 is 6.18 Å². The number of nitrogens with zero attached hydrogens (tertiary/aromatic N) is 3. The van der Waals surface area contributed by atoms with E-state index in [-0.39, 0.29) is 11.6 Å². The maximum Gasteiger partial charge on any atom is 0.417 e. The Morgan fingerprint density at radius 2 is 1.85 bits per heavy atom. The first-order chi connectivity index (χ1) is 12.7. The highest BCUT2D eigenvalue weighted by molar-refractivity contribution is 7.17. The van der Waals surface area contributed by atoms with E-state index in [4.69, 9.17) is 0 Å². The van der Waals surface area contributed by atoms with Crippen molar-refractivity contribution in [2.75, 3.05) is 5.43 Å². The molecule has 0 saturated heterocycles. The van der Waals surface area contributed by atoms with Crippen LogP contribution in [0, 0.1) is 6.92 Å². The number of aromatic hydroxyl groups is 1. The Balaban J connectivity index is 1.77. The van der Waals surface area contributed by atoms with Gasteiger partial charge < -0.3 is 5.11 Å². The second-order valence-electron chi connectivity index (χ2n) is 5.72. The predicted octanol–water partition coefficient (Wildman–Crippen LogP) is 5.07. The molecule has 0 spiro atoms. The van der Waals surface area contributed by atoms with Crippen LogP contribution in [0.1, 0.15) is 23.1 Å². The van der Waals surface area contributed by atoms with E-state index in [0.717, 1.165) is 33.4 Å². The summed E-state index contributed by atoms with van der Waals surface area (Å²) in [5, 5.41) is 14.4.